The van der Waals surface area contributed by atoms with Crippen LogP contribution in [0.5, 0.6) is 5.88 Å². The highest BCUT2D eigenvalue weighted by Crippen LogP contribution is 2.13. The lowest BCUT2D eigenvalue weighted by Gasteiger charge is -2.11. The molecular weight excluding hydrogens is 242 g/mol. The minimum atomic E-state index is -0.160. The largest absolute Gasteiger partial charge is 0.478 e. The molecule has 0 atom stereocenters. The number of nitrogens with one attached hydrogen (secondary N) is 2. The molecule has 5 heteroatoms. The predicted octanol–water partition coefficient (Wildman–Crippen LogP) is 2.33. The maximum Gasteiger partial charge on any atom is 0.315 e. The topological polar surface area (TPSA) is 63.2 Å². The summed E-state index contributed by atoms with van der Waals surface area (Å²) in [6.07, 6.45) is 2.65. The summed E-state index contributed by atoms with van der Waals surface area (Å²) in [5, 5.41) is 5.63. The van der Waals surface area contributed by atoms with E-state index >= 15 is 0 Å². The normalized spacial score (nSPS) is 10.3. The summed E-state index contributed by atoms with van der Waals surface area (Å²) in [7, 11) is 0. The van der Waals surface area contributed by atoms with Gasteiger partial charge in [-0.25, -0.2) is 9.78 Å². The Bertz CT molecular complexity index is 394. The smallest absolute Gasteiger partial charge is 0.315 e. The molecule has 0 bridgehead atoms. The standard InChI is InChI=1S/C14H23N3O2/c1-4-19-13-12(6-5-8-15-13)10-17-14(18)16-9-7-11(2)3/h5-6,8,11H,4,7,9-10H2,1-3H3,(H2,16,17,18). The Labute approximate surface area is 114 Å². The van der Waals surface area contributed by atoms with E-state index in [2.05, 4.69) is 29.5 Å². The van der Waals surface area contributed by atoms with Crippen LogP contribution in [0.25, 0.3) is 0 Å². The zero-order valence-corrected chi connectivity index (χ0v) is 11.9. The summed E-state index contributed by atoms with van der Waals surface area (Å²) in [5.41, 5.74) is 0.878. The van der Waals surface area contributed by atoms with Crippen molar-refractivity contribution in [1.82, 2.24) is 15.6 Å². The second kappa shape index (κ2) is 8.34. The quantitative estimate of drug-likeness (QED) is 0.795. The summed E-state index contributed by atoms with van der Waals surface area (Å²) < 4.78 is 5.40. The fourth-order valence-electron chi connectivity index (χ4n) is 1.54. The van der Waals surface area contributed by atoms with Gasteiger partial charge in [0.25, 0.3) is 0 Å². The maximum absolute atomic E-state index is 11.6. The molecule has 0 aromatic carbocycles. The van der Waals surface area contributed by atoms with Gasteiger partial charge in [0, 0.05) is 24.8 Å². The predicted molar refractivity (Wildman–Crippen MR) is 75.1 cm³/mol. The van der Waals surface area contributed by atoms with Crippen LogP contribution in [0.2, 0.25) is 0 Å². The van der Waals surface area contributed by atoms with Gasteiger partial charge in [-0.2, -0.15) is 0 Å². The molecule has 0 fully saturated rings. The number of nitrogens with zero attached hydrogens (tertiary/aromatic N) is 1. The first-order valence-corrected chi connectivity index (χ1v) is 6.71. The Hall–Kier alpha value is -1.78. The number of rotatable bonds is 7. The first-order valence-electron chi connectivity index (χ1n) is 6.71. The highest BCUT2D eigenvalue weighted by molar-refractivity contribution is 5.73. The number of hydrogen-bond donors (Lipinski definition) is 2. The van der Waals surface area contributed by atoms with E-state index in [0.717, 1.165) is 12.0 Å². The monoisotopic (exact) mass is 265 g/mol. The lowest BCUT2D eigenvalue weighted by molar-refractivity contribution is 0.239. The number of carbonyl (C=O) groups is 1. The van der Waals surface area contributed by atoms with Crippen LogP contribution in [-0.2, 0) is 6.54 Å². The number of carbonyl (C=O) groups excluding carboxylic acids is 1. The molecule has 2 amide bonds. The van der Waals surface area contributed by atoms with Crippen LogP contribution in [0, 0.1) is 5.92 Å². The molecule has 106 valence electrons. The molecule has 5 nitrogen and oxygen atoms in total. The Balaban J connectivity index is 2.37. The van der Waals surface area contributed by atoms with Crippen LogP contribution in [-0.4, -0.2) is 24.2 Å². The number of amides is 2. The molecule has 1 rings (SSSR count). The van der Waals surface area contributed by atoms with Gasteiger partial charge < -0.3 is 15.4 Å². The SMILES string of the molecule is CCOc1ncccc1CNC(=O)NCCC(C)C. The third kappa shape index (κ3) is 6.08. The molecule has 0 spiro atoms. The Morgan fingerprint density at radius 2 is 2.21 bits per heavy atom. The van der Waals surface area contributed by atoms with Crippen molar-refractivity contribution in [3.05, 3.63) is 23.9 Å². The van der Waals surface area contributed by atoms with Crippen LogP contribution in [0.3, 0.4) is 0 Å². The first-order chi connectivity index (χ1) is 9.13. The van der Waals surface area contributed by atoms with Gasteiger partial charge in [0.2, 0.25) is 5.88 Å². The summed E-state index contributed by atoms with van der Waals surface area (Å²) in [6, 6.07) is 3.56. The molecule has 19 heavy (non-hydrogen) atoms. The molecule has 1 aromatic rings. The van der Waals surface area contributed by atoms with Crippen LogP contribution in [0.4, 0.5) is 4.79 Å². The van der Waals surface area contributed by atoms with Crippen molar-refractivity contribution in [3.63, 3.8) is 0 Å². The van der Waals surface area contributed by atoms with E-state index in [1.807, 2.05) is 19.1 Å². The second-order valence-corrected chi connectivity index (χ2v) is 4.69. The van der Waals surface area contributed by atoms with Crippen molar-refractivity contribution in [1.29, 1.82) is 0 Å². The van der Waals surface area contributed by atoms with Crippen LogP contribution in [0.1, 0.15) is 32.8 Å². The van der Waals surface area contributed by atoms with Crippen LogP contribution >= 0.6 is 0 Å². The number of pyridine rings is 1. The number of aromatic nitrogens is 1. The Kier molecular flexibility index (Phi) is 6.71. The van der Waals surface area contributed by atoms with E-state index < -0.39 is 0 Å². The van der Waals surface area contributed by atoms with E-state index in [1.165, 1.54) is 0 Å². The van der Waals surface area contributed by atoms with E-state index in [0.29, 0.717) is 31.5 Å². The highest BCUT2D eigenvalue weighted by atomic mass is 16.5. The zero-order chi connectivity index (χ0) is 14.1. The summed E-state index contributed by atoms with van der Waals surface area (Å²) in [5.74, 6) is 1.16. The van der Waals surface area contributed by atoms with Crippen molar-refractivity contribution < 1.29 is 9.53 Å². The van der Waals surface area contributed by atoms with Crippen molar-refractivity contribution in [3.8, 4) is 5.88 Å². The van der Waals surface area contributed by atoms with E-state index in [9.17, 15) is 4.79 Å². The van der Waals surface area contributed by atoms with Crippen molar-refractivity contribution in [2.75, 3.05) is 13.2 Å². The molecule has 2 N–H and O–H groups in total. The van der Waals surface area contributed by atoms with E-state index in [4.69, 9.17) is 4.74 Å². The van der Waals surface area contributed by atoms with Gasteiger partial charge in [0.05, 0.1) is 6.61 Å². The zero-order valence-electron chi connectivity index (χ0n) is 11.9. The molecule has 0 radical (unpaired) electrons. The number of hydrogen-bond acceptors (Lipinski definition) is 3. The minimum absolute atomic E-state index is 0.160. The molecule has 0 aliphatic rings. The van der Waals surface area contributed by atoms with Gasteiger partial charge in [0.15, 0.2) is 0 Å². The van der Waals surface area contributed by atoms with Gasteiger partial charge in [-0.15, -0.1) is 0 Å². The summed E-state index contributed by atoms with van der Waals surface area (Å²) in [6.45, 7) is 7.83. The van der Waals surface area contributed by atoms with Crippen molar-refractivity contribution in [2.24, 2.45) is 5.92 Å². The Morgan fingerprint density at radius 1 is 1.42 bits per heavy atom. The molecule has 0 saturated heterocycles. The van der Waals surface area contributed by atoms with E-state index in [-0.39, 0.29) is 6.03 Å². The maximum atomic E-state index is 11.6. The third-order valence-electron chi connectivity index (χ3n) is 2.58. The lowest BCUT2D eigenvalue weighted by Crippen LogP contribution is -2.36. The average Bonchev–Trinajstić information content (AvgIpc) is 2.37. The highest BCUT2D eigenvalue weighted by Gasteiger charge is 2.06. The van der Waals surface area contributed by atoms with Gasteiger partial charge in [0.1, 0.15) is 0 Å². The molecule has 0 aliphatic carbocycles. The second-order valence-electron chi connectivity index (χ2n) is 4.69. The van der Waals surface area contributed by atoms with Crippen LogP contribution in [0.15, 0.2) is 18.3 Å². The fourth-order valence-corrected chi connectivity index (χ4v) is 1.54. The fraction of sp³-hybridized carbons (Fsp3) is 0.571. The van der Waals surface area contributed by atoms with Crippen molar-refractivity contribution >= 4 is 6.03 Å². The van der Waals surface area contributed by atoms with Crippen LogP contribution < -0.4 is 15.4 Å². The van der Waals surface area contributed by atoms with Gasteiger partial charge in [-0.05, 0) is 25.3 Å². The van der Waals surface area contributed by atoms with Gasteiger partial charge in [-0.3, -0.25) is 0 Å². The number of urea groups is 1. The molecule has 0 aliphatic heterocycles. The van der Waals surface area contributed by atoms with Gasteiger partial charge >= 0.3 is 6.03 Å². The summed E-state index contributed by atoms with van der Waals surface area (Å²) >= 11 is 0. The molecule has 0 unspecified atom stereocenters. The molecule has 1 aromatic heterocycles. The first kappa shape index (κ1) is 15.3. The number of ether oxygens (including phenoxy) is 1. The Morgan fingerprint density at radius 3 is 2.89 bits per heavy atom. The molecule has 0 saturated carbocycles. The molecule has 1 heterocycles. The van der Waals surface area contributed by atoms with E-state index in [1.54, 1.807) is 6.20 Å². The molecular formula is C14H23N3O2. The minimum Gasteiger partial charge on any atom is -0.478 e. The average molecular weight is 265 g/mol. The van der Waals surface area contributed by atoms with Gasteiger partial charge in [-0.1, -0.05) is 19.9 Å². The lowest BCUT2D eigenvalue weighted by atomic mass is 10.1. The third-order valence-corrected chi connectivity index (χ3v) is 2.58. The van der Waals surface area contributed by atoms with Crippen molar-refractivity contribution in [2.45, 2.75) is 33.7 Å². The summed E-state index contributed by atoms with van der Waals surface area (Å²) in [4.78, 5) is 15.7.